The normalized spacial score (nSPS) is 16.8. The van der Waals surface area contributed by atoms with Gasteiger partial charge in [0.05, 0.1) is 5.41 Å². The number of carbonyl (C=O) groups is 1. The van der Waals surface area contributed by atoms with Crippen LogP contribution in [0.5, 0.6) is 0 Å². The van der Waals surface area contributed by atoms with Crippen LogP contribution in [-0.4, -0.2) is 12.5 Å². The number of carbonyl (C=O) groups excluding carboxylic acids is 1. The zero-order chi connectivity index (χ0) is 7.49. The van der Waals surface area contributed by atoms with E-state index in [4.69, 9.17) is 11.5 Å². The van der Waals surface area contributed by atoms with Crippen molar-refractivity contribution in [1.82, 2.24) is 0 Å². The van der Waals surface area contributed by atoms with Gasteiger partial charge in [0.25, 0.3) is 0 Å². The number of rotatable bonds is 3. The maximum Gasteiger partial charge on any atom is 0.224 e. The van der Waals surface area contributed by atoms with Crippen LogP contribution in [0.15, 0.2) is 0 Å². The largest absolute Gasteiger partial charge is 0.369 e. The predicted molar refractivity (Wildman–Crippen MR) is 36.6 cm³/mol. The Labute approximate surface area is 55.4 Å². The first-order valence-electron chi connectivity index (χ1n) is 3.07. The van der Waals surface area contributed by atoms with Crippen LogP contribution in [0.3, 0.4) is 0 Å². The molecule has 0 saturated carbocycles. The van der Waals surface area contributed by atoms with Gasteiger partial charge in [-0.3, -0.25) is 4.79 Å². The third-order valence-corrected chi connectivity index (χ3v) is 1.83. The number of amides is 1. The molecule has 0 aromatic carbocycles. The van der Waals surface area contributed by atoms with Gasteiger partial charge in [0.2, 0.25) is 5.91 Å². The van der Waals surface area contributed by atoms with E-state index < -0.39 is 5.41 Å². The molecule has 0 heterocycles. The molecule has 3 heteroatoms. The second kappa shape index (κ2) is 2.82. The molecule has 1 amide bonds. The lowest BCUT2D eigenvalue weighted by Gasteiger charge is -2.20. The van der Waals surface area contributed by atoms with Crippen LogP contribution in [0.4, 0.5) is 0 Å². The van der Waals surface area contributed by atoms with Crippen LogP contribution in [-0.2, 0) is 4.79 Å². The van der Waals surface area contributed by atoms with Crippen molar-refractivity contribution in [3.05, 3.63) is 0 Å². The van der Waals surface area contributed by atoms with Crippen molar-refractivity contribution in [2.24, 2.45) is 16.9 Å². The molecule has 0 aliphatic carbocycles. The lowest BCUT2D eigenvalue weighted by atomic mass is 9.87. The van der Waals surface area contributed by atoms with Crippen molar-refractivity contribution in [3.8, 4) is 0 Å². The standard InChI is InChI=1S/C6H14N2O/c1-3-6(2,4-7)5(8)9/h3-4,7H2,1-2H3,(H2,8,9). The molecule has 0 saturated heterocycles. The minimum absolute atomic E-state index is 0.312. The van der Waals surface area contributed by atoms with Gasteiger partial charge < -0.3 is 11.5 Å². The molecule has 0 bridgehead atoms. The molecule has 3 nitrogen and oxygen atoms in total. The summed E-state index contributed by atoms with van der Waals surface area (Å²) in [5.41, 5.74) is 9.89. The molecule has 54 valence electrons. The van der Waals surface area contributed by atoms with Gasteiger partial charge in [-0.15, -0.1) is 0 Å². The molecule has 0 rings (SSSR count). The minimum Gasteiger partial charge on any atom is -0.369 e. The Hall–Kier alpha value is -0.570. The first-order valence-corrected chi connectivity index (χ1v) is 3.07. The van der Waals surface area contributed by atoms with E-state index in [1.165, 1.54) is 0 Å². The third-order valence-electron chi connectivity index (χ3n) is 1.83. The molecule has 1 unspecified atom stereocenters. The van der Waals surface area contributed by atoms with E-state index in [9.17, 15) is 4.79 Å². The average Bonchev–Trinajstić information content (AvgIpc) is 1.86. The average molecular weight is 130 g/mol. The summed E-state index contributed by atoms with van der Waals surface area (Å²) in [6.07, 6.45) is 0.707. The second-order valence-corrected chi connectivity index (χ2v) is 2.48. The number of hydrogen-bond donors (Lipinski definition) is 2. The van der Waals surface area contributed by atoms with Crippen LogP contribution in [0.1, 0.15) is 20.3 Å². The van der Waals surface area contributed by atoms with Crippen molar-refractivity contribution < 1.29 is 4.79 Å². The van der Waals surface area contributed by atoms with Crippen LogP contribution >= 0.6 is 0 Å². The van der Waals surface area contributed by atoms with Crippen molar-refractivity contribution in [1.29, 1.82) is 0 Å². The topological polar surface area (TPSA) is 69.1 Å². The summed E-state index contributed by atoms with van der Waals surface area (Å²) in [6.45, 7) is 4.01. The Morgan fingerprint density at radius 1 is 1.67 bits per heavy atom. The number of nitrogens with two attached hydrogens (primary N) is 2. The molecule has 0 aliphatic heterocycles. The Morgan fingerprint density at radius 3 is 2.11 bits per heavy atom. The van der Waals surface area contributed by atoms with E-state index >= 15 is 0 Å². The van der Waals surface area contributed by atoms with Gasteiger partial charge in [0, 0.05) is 6.54 Å². The van der Waals surface area contributed by atoms with E-state index in [0.717, 1.165) is 0 Å². The van der Waals surface area contributed by atoms with Crippen LogP contribution in [0, 0.1) is 5.41 Å². The summed E-state index contributed by atoms with van der Waals surface area (Å²) < 4.78 is 0. The molecule has 0 aromatic heterocycles. The number of hydrogen-bond acceptors (Lipinski definition) is 2. The van der Waals surface area contributed by atoms with Crippen LogP contribution in [0.2, 0.25) is 0 Å². The maximum atomic E-state index is 10.6. The van der Waals surface area contributed by atoms with E-state index in [-0.39, 0.29) is 5.91 Å². The molecule has 0 aromatic rings. The summed E-state index contributed by atoms with van der Waals surface area (Å²) in [5.74, 6) is -0.312. The van der Waals surface area contributed by atoms with E-state index in [1.807, 2.05) is 6.92 Å². The smallest absolute Gasteiger partial charge is 0.224 e. The van der Waals surface area contributed by atoms with Gasteiger partial charge in [-0.05, 0) is 13.3 Å². The molecular formula is C6H14N2O. The molecule has 0 aliphatic rings. The van der Waals surface area contributed by atoms with E-state index in [0.29, 0.717) is 13.0 Å². The molecule has 0 spiro atoms. The van der Waals surface area contributed by atoms with E-state index in [1.54, 1.807) is 6.92 Å². The fourth-order valence-corrected chi connectivity index (χ4v) is 0.419. The second-order valence-electron chi connectivity index (χ2n) is 2.48. The van der Waals surface area contributed by atoms with Gasteiger partial charge in [-0.1, -0.05) is 6.92 Å². The lowest BCUT2D eigenvalue weighted by molar-refractivity contribution is -0.126. The zero-order valence-corrected chi connectivity index (χ0v) is 5.98. The highest BCUT2D eigenvalue weighted by Gasteiger charge is 2.26. The summed E-state index contributed by atoms with van der Waals surface area (Å²) >= 11 is 0. The van der Waals surface area contributed by atoms with Crippen molar-refractivity contribution in [2.75, 3.05) is 6.54 Å². The fraction of sp³-hybridized carbons (Fsp3) is 0.833. The lowest BCUT2D eigenvalue weighted by Crippen LogP contribution is -2.40. The first kappa shape index (κ1) is 8.43. The van der Waals surface area contributed by atoms with Gasteiger partial charge in [-0.2, -0.15) is 0 Å². The van der Waals surface area contributed by atoms with Gasteiger partial charge in [0.15, 0.2) is 0 Å². The van der Waals surface area contributed by atoms with Crippen molar-refractivity contribution >= 4 is 5.91 Å². The Balaban J connectivity index is 4.09. The first-order chi connectivity index (χ1) is 4.06. The van der Waals surface area contributed by atoms with Crippen LogP contribution < -0.4 is 11.5 Å². The predicted octanol–water partition coefficient (Wildman–Crippen LogP) is -0.153. The monoisotopic (exact) mass is 130 g/mol. The Kier molecular flexibility index (Phi) is 2.65. The van der Waals surface area contributed by atoms with E-state index in [2.05, 4.69) is 0 Å². The molecule has 0 radical (unpaired) electrons. The Bertz CT molecular complexity index is 108. The quantitative estimate of drug-likeness (QED) is 0.557. The molecule has 4 N–H and O–H groups in total. The summed E-state index contributed by atoms with van der Waals surface area (Å²) in [4.78, 5) is 10.6. The molecule has 1 atom stereocenters. The molecule has 9 heavy (non-hydrogen) atoms. The zero-order valence-electron chi connectivity index (χ0n) is 5.98. The molecule has 0 fully saturated rings. The SMILES string of the molecule is CCC(C)(CN)C(N)=O. The van der Waals surface area contributed by atoms with Gasteiger partial charge in [0.1, 0.15) is 0 Å². The maximum absolute atomic E-state index is 10.6. The van der Waals surface area contributed by atoms with Crippen LogP contribution in [0.25, 0.3) is 0 Å². The van der Waals surface area contributed by atoms with Gasteiger partial charge >= 0.3 is 0 Å². The molecular weight excluding hydrogens is 116 g/mol. The number of primary amides is 1. The van der Waals surface area contributed by atoms with Gasteiger partial charge in [-0.25, -0.2) is 0 Å². The highest BCUT2D eigenvalue weighted by Crippen LogP contribution is 2.17. The highest BCUT2D eigenvalue weighted by atomic mass is 16.1. The fourth-order valence-electron chi connectivity index (χ4n) is 0.419. The summed E-state index contributed by atoms with van der Waals surface area (Å²) in [6, 6.07) is 0. The van der Waals surface area contributed by atoms with Crippen molar-refractivity contribution in [2.45, 2.75) is 20.3 Å². The van der Waals surface area contributed by atoms with Crippen molar-refractivity contribution in [3.63, 3.8) is 0 Å². The third kappa shape index (κ3) is 1.68. The highest BCUT2D eigenvalue weighted by molar-refractivity contribution is 5.80. The minimum atomic E-state index is -0.500. The summed E-state index contributed by atoms with van der Waals surface area (Å²) in [5, 5.41) is 0. The summed E-state index contributed by atoms with van der Waals surface area (Å²) in [7, 11) is 0. The Morgan fingerprint density at radius 2 is 2.11 bits per heavy atom.